The lowest BCUT2D eigenvalue weighted by Crippen LogP contribution is -2.30. The molecule has 1 amide bonds. The quantitative estimate of drug-likeness (QED) is 0.843. The van der Waals surface area contributed by atoms with Gasteiger partial charge in [-0.15, -0.1) is 0 Å². The van der Waals surface area contributed by atoms with Crippen molar-refractivity contribution in [1.29, 1.82) is 0 Å². The third-order valence-corrected chi connectivity index (χ3v) is 2.95. The molecule has 124 valence electrons. The number of aromatic nitrogens is 1. The summed E-state index contributed by atoms with van der Waals surface area (Å²) < 4.78 is 49.0. The molecule has 1 aromatic carbocycles. The van der Waals surface area contributed by atoms with Gasteiger partial charge in [0.15, 0.2) is 5.89 Å². The van der Waals surface area contributed by atoms with E-state index < -0.39 is 17.6 Å². The lowest BCUT2D eigenvalue weighted by Gasteiger charge is -2.15. The summed E-state index contributed by atoms with van der Waals surface area (Å²) in [4.78, 5) is 15.8. The van der Waals surface area contributed by atoms with Crippen LogP contribution in [0.4, 0.5) is 18.9 Å². The first-order chi connectivity index (χ1) is 10.7. The van der Waals surface area contributed by atoms with Crippen molar-refractivity contribution in [3.63, 3.8) is 0 Å². The minimum absolute atomic E-state index is 0.0518. The molecule has 6 nitrogen and oxygen atoms in total. The molecule has 0 atom stereocenters. The lowest BCUT2D eigenvalue weighted by atomic mass is 10.1. The number of benzene rings is 1. The predicted molar refractivity (Wildman–Crippen MR) is 75.1 cm³/mol. The van der Waals surface area contributed by atoms with E-state index in [-0.39, 0.29) is 23.1 Å². The topological polar surface area (TPSA) is 76.4 Å². The molecule has 2 N–H and O–H groups in total. The Labute approximate surface area is 129 Å². The van der Waals surface area contributed by atoms with Crippen molar-refractivity contribution in [2.24, 2.45) is 0 Å². The second-order valence-corrected chi connectivity index (χ2v) is 4.64. The molecule has 23 heavy (non-hydrogen) atoms. The average Bonchev–Trinajstić information content (AvgIpc) is 2.82. The van der Waals surface area contributed by atoms with Crippen LogP contribution in [0.15, 0.2) is 22.6 Å². The number of nitrogens with one attached hydrogen (secondary N) is 2. The minimum atomic E-state index is -4.61. The van der Waals surface area contributed by atoms with Crippen molar-refractivity contribution in [3.8, 4) is 5.75 Å². The summed E-state index contributed by atoms with van der Waals surface area (Å²) in [7, 11) is 1.26. The van der Waals surface area contributed by atoms with Crippen molar-refractivity contribution < 1.29 is 27.1 Å². The van der Waals surface area contributed by atoms with Gasteiger partial charge in [-0.05, 0) is 25.1 Å². The first-order valence-corrected chi connectivity index (χ1v) is 6.48. The van der Waals surface area contributed by atoms with Crippen LogP contribution in [-0.2, 0) is 6.18 Å². The van der Waals surface area contributed by atoms with E-state index in [2.05, 4.69) is 15.8 Å². The normalized spacial score (nSPS) is 11.2. The molecule has 0 unspecified atom stereocenters. The molecule has 0 bridgehead atoms. The van der Waals surface area contributed by atoms with E-state index in [1.54, 1.807) is 13.8 Å². The number of alkyl halides is 3. The Morgan fingerprint density at radius 3 is 2.52 bits per heavy atom. The standard InChI is InChI=1S/C14H14F3N3O3/c1-7-12(23-8(2)18-7)13(21)20-19-11-5-4-9(22-3)6-10(11)14(15,16)17/h4-6,19H,1-3H3,(H,20,21). The summed E-state index contributed by atoms with van der Waals surface area (Å²) in [5, 5.41) is 0. The number of nitrogens with zero attached hydrogens (tertiary/aromatic N) is 1. The molecule has 0 aliphatic heterocycles. The molecule has 0 spiro atoms. The third kappa shape index (κ3) is 3.74. The predicted octanol–water partition coefficient (Wildman–Crippen LogP) is 3.08. The zero-order valence-corrected chi connectivity index (χ0v) is 12.5. The number of aryl methyl sites for hydroxylation is 2. The Kier molecular flexibility index (Phi) is 4.48. The molecular weight excluding hydrogens is 315 g/mol. The SMILES string of the molecule is COc1ccc(NNC(=O)c2oc(C)nc2C)c(C(F)(F)F)c1. The van der Waals surface area contributed by atoms with Crippen LogP contribution in [-0.4, -0.2) is 18.0 Å². The Hall–Kier alpha value is -2.71. The number of hydrogen-bond donors (Lipinski definition) is 2. The summed E-state index contributed by atoms with van der Waals surface area (Å²) in [6.45, 7) is 3.11. The molecule has 2 aromatic rings. The number of amides is 1. The molecule has 1 aromatic heterocycles. The summed E-state index contributed by atoms with van der Waals surface area (Å²) >= 11 is 0. The second-order valence-electron chi connectivity index (χ2n) is 4.64. The summed E-state index contributed by atoms with van der Waals surface area (Å²) in [5.41, 5.74) is 3.45. The van der Waals surface area contributed by atoms with E-state index in [9.17, 15) is 18.0 Å². The number of carbonyl (C=O) groups is 1. The highest BCUT2D eigenvalue weighted by molar-refractivity contribution is 5.93. The molecule has 1 heterocycles. The molecule has 0 aliphatic rings. The molecule has 0 saturated heterocycles. The zero-order valence-electron chi connectivity index (χ0n) is 12.5. The molecule has 2 rings (SSSR count). The summed E-state index contributed by atoms with van der Waals surface area (Å²) in [5.74, 6) is -0.465. The van der Waals surface area contributed by atoms with Gasteiger partial charge in [-0.1, -0.05) is 0 Å². The Bertz CT molecular complexity index is 726. The first kappa shape index (κ1) is 16.7. The van der Waals surface area contributed by atoms with Gasteiger partial charge < -0.3 is 9.15 Å². The number of oxazole rings is 1. The van der Waals surface area contributed by atoms with Crippen LogP contribution in [0.2, 0.25) is 0 Å². The number of halogens is 3. The molecule has 0 saturated carbocycles. The lowest BCUT2D eigenvalue weighted by molar-refractivity contribution is -0.137. The van der Waals surface area contributed by atoms with Crippen molar-refractivity contribution >= 4 is 11.6 Å². The van der Waals surface area contributed by atoms with Crippen molar-refractivity contribution in [2.75, 3.05) is 12.5 Å². The van der Waals surface area contributed by atoms with Gasteiger partial charge in [-0.25, -0.2) is 4.98 Å². The highest BCUT2D eigenvalue weighted by Crippen LogP contribution is 2.36. The van der Waals surface area contributed by atoms with Gasteiger partial charge in [0.25, 0.3) is 0 Å². The van der Waals surface area contributed by atoms with E-state index in [1.165, 1.54) is 13.2 Å². The molecular formula is C14H14F3N3O3. The third-order valence-electron chi connectivity index (χ3n) is 2.95. The van der Waals surface area contributed by atoms with Gasteiger partial charge in [-0.3, -0.25) is 15.6 Å². The first-order valence-electron chi connectivity index (χ1n) is 6.48. The highest BCUT2D eigenvalue weighted by Gasteiger charge is 2.34. The van der Waals surface area contributed by atoms with Gasteiger partial charge in [-0.2, -0.15) is 13.2 Å². The fraction of sp³-hybridized carbons (Fsp3) is 0.286. The molecule has 9 heteroatoms. The van der Waals surface area contributed by atoms with E-state index >= 15 is 0 Å². The maximum Gasteiger partial charge on any atom is 0.418 e. The van der Waals surface area contributed by atoms with Gasteiger partial charge >= 0.3 is 12.1 Å². The number of rotatable bonds is 4. The molecule has 0 aliphatic carbocycles. The molecule has 0 fully saturated rings. The number of hydrazine groups is 1. The van der Waals surface area contributed by atoms with Crippen LogP contribution in [0.25, 0.3) is 0 Å². The maximum atomic E-state index is 13.0. The van der Waals surface area contributed by atoms with Crippen LogP contribution in [0.1, 0.15) is 27.7 Å². The van der Waals surface area contributed by atoms with E-state index in [0.29, 0.717) is 5.69 Å². The number of carbonyl (C=O) groups excluding carboxylic acids is 1. The smallest absolute Gasteiger partial charge is 0.418 e. The Balaban J connectivity index is 2.20. The summed E-state index contributed by atoms with van der Waals surface area (Å²) in [6, 6.07) is 3.33. The Morgan fingerprint density at radius 1 is 1.30 bits per heavy atom. The van der Waals surface area contributed by atoms with E-state index in [1.807, 2.05) is 0 Å². The maximum absolute atomic E-state index is 13.0. The number of anilines is 1. The highest BCUT2D eigenvalue weighted by atomic mass is 19.4. The van der Waals surface area contributed by atoms with Crippen LogP contribution in [0, 0.1) is 13.8 Å². The van der Waals surface area contributed by atoms with Gasteiger partial charge in [0, 0.05) is 6.92 Å². The van der Waals surface area contributed by atoms with E-state index in [4.69, 9.17) is 9.15 Å². The van der Waals surface area contributed by atoms with Gasteiger partial charge in [0.1, 0.15) is 5.75 Å². The number of hydrogen-bond acceptors (Lipinski definition) is 5. The van der Waals surface area contributed by atoms with E-state index in [0.717, 1.165) is 12.1 Å². The van der Waals surface area contributed by atoms with Crippen molar-refractivity contribution in [2.45, 2.75) is 20.0 Å². The van der Waals surface area contributed by atoms with Crippen LogP contribution < -0.4 is 15.6 Å². The fourth-order valence-corrected chi connectivity index (χ4v) is 1.92. The monoisotopic (exact) mass is 329 g/mol. The zero-order chi connectivity index (χ0) is 17.2. The second kappa shape index (κ2) is 6.19. The Morgan fingerprint density at radius 2 is 2.00 bits per heavy atom. The van der Waals surface area contributed by atoms with Gasteiger partial charge in [0.05, 0.1) is 24.1 Å². The largest absolute Gasteiger partial charge is 0.497 e. The van der Waals surface area contributed by atoms with Crippen LogP contribution in [0.5, 0.6) is 5.75 Å². The average molecular weight is 329 g/mol. The minimum Gasteiger partial charge on any atom is -0.497 e. The van der Waals surface area contributed by atoms with Crippen LogP contribution >= 0.6 is 0 Å². The molecule has 0 radical (unpaired) electrons. The van der Waals surface area contributed by atoms with Crippen LogP contribution in [0.3, 0.4) is 0 Å². The summed E-state index contributed by atoms with van der Waals surface area (Å²) in [6.07, 6.45) is -4.61. The number of methoxy groups -OCH3 is 1. The van der Waals surface area contributed by atoms with Crippen molar-refractivity contribution in [3.05, 3.63) is 41.1 Å². The number of ether oxygens (including phenoxy) is 1. The van der Waals surface area contributed by atoms with Crippen molar-refractivity contribution in [1.82, 2.24) is 10.4 Å². The fourth-order valence-electron chi connectivity index (χ4n) is 1.92. The van der Waals surface area contributed by atoms with Gasteiger partial charge in [0.2, 0.25) is 5.76 Å².